The van der Waals surface area contributed by atoms with Crippen molar-refractivity contribution in [1.29, 1.82) is 0 Å². The molecule has 0 radical (unpaired) electrons. The molecule has 2 amide bonds. The molecular weight excluding hydrogens is 336 g/mol. The lowest BCUT2D eigenvalue weighted by molar-refractivity contribution is -0.137. The molecular formula is C23H26N2O2. The predicted molar refractivity (Wildman–Crippen MR) is 108 cm³/mol. The van der Waals surface area contributed by atoms with E-state index in [-0.39, 0.29) is 11.8 Å². The van der Waals surface area contributed by atoms with Crippen LogP contribution in [0.5, 0.6) is 0 Å². The number of carbonyl (C=O) groups is 2. The highest BCUT2D eigenvalue weighted by molar-refractivity contribution is 6.35. The van der Waals surface area contributed by atoms with Gasteiger partial charge in [0.15, 0.2) is 0 Å². The molecule has 27 heavy (non-hydrogen) atoms. The van der Waals surface area contributed by atoms with Crippen molar-refractivity contribution in [2.45, 2.75) is 33.7 Å². The van der Waals surface area contributed by atoms with Gasteiger partial charge in [-0.3, -0.25) is 14.5 Å². The van der Waals surface area contributed by atoms with Crippen LogP contribution in [0.15, 0.2) is 54.2 Å². The van der Waals surface area contributed by atoms with Crippen LogP contribution >= 0.6 is 0 Å². The Labute approximate surface area is 161 Å². The molecule has 0 atom stereocenters. The van der Waals surface area contributed by atoms with Crippen LogP contribution < -0.4 is 0 Å². The zero-order valence-electron chi connectivity index (χ0n) is 16.5. The molecule has 0 bridgehead atoms. The van der Waals surface area contributed by atoms with E-state index in [0.717, 1.165) is 28.7 Å². The topological polar surface area (TPSA) is 40.6 Å². The largest absolute Gasteiger partial charge is 0.365 e. The van der Waals surface area contributed by atoms with Crippen LogP contribution in [0.3, 0.4) is 0 Å². The quantitative estimate of drug-likeness (QED) is 0.731. The van der Waals surface area contributed by atoms with Gasteiger partial charge in [-0.25, -0.2) is 0 Å². The van der Waals surface area contributed by atoms with Gasteiger partial charge in [0, 0.05) is 20.1 Å². The van der Waals surface area contributed by atoms with Crippen molar-refractivity contribution in [3.8, 4) is 0 Å². The van der Waals surface area contributed by atoms with Gasteiger partial charge in [-0.15, -0.1) is 0 Å². The van der Waals surface area contributed by atoms with E-state index in [0.29, 0.717) is 24.4 Å². The lowest BCUT2D eigenvalue weighted by Crippen LogP contribution is -2.34. The fourth-order valence-electron chi connectivity index (χ4n) is 3.62. The summed E-state index contributed by atoms with van der Waals surface area (Å²) in [6, 6.07) is 16.0. The van der Waals surface area contributed by atoms with E-state index in [2.05, 4.69) is 6.07 Å². The van der Waals surface area contributed by atoms with Gasteiger partial charge in [-0.1, -0.05) is 61.0 Å². The zero-order valence-corrected chi connectivity index (χ0v) is 16.5. The van der Waals surface area contributed by atoms with E-state index in [4.69, 9.17) is 0 Å². The minimum atomic E-state index is -0.199. The van der Waals surface area contributed by atoms with Gasteiger partial charge in [0.1, 0.15) is 5.70 Å². The fraction of sp³-hybridized carbons (Fsp3) is 0.304. The van der Waals surface area contributed by atoms with Gasteiger partial charge in [0.05, 0.1) is 5.57 Å². The number of hydrogen-bond acceptors (Lipinski definition) is 3. The molecule has 0 unspecified atom stereocenters. The molecule has 1 heterocycles. The van der Waals surface area contributed by atoms with Gasteiger partial charge in [0.25, 0.3) is 11.8 Å². The number of imide groups is 1. The third kappa shape index (κ3) is 3.65. The van der Waals surface area contributed by atoms with Gasteiger partial charge in [-0.2, -0.15) is 0 Å². The molecule has 4 nitrogen and oxygen atoms in total. The molecule has 4 heteroatoms. The summed E-state index contributed by atoms with van der Waals surface area (Å²) in [5.74, 6) is -0.390. The Balaban J connectivity index is 2.08. The highest BCUT2D eigenvalue weighted by Crippen LogP contribution is 2.33. The number of nitrogens with zero attached hydrogens (tertiary/aromatic N) is 2. The summed E-state index contributed by atoms with van der Waals surface area (Å²) in [5, 5.41) is 0. The Morgan fingerprint density at radius 2 is 1.67 bits per heavy atom. The third-order valence-corrected chi connectivity index (χ3v) is 4.89. The number of carbonyl (C=O) groups excluding carboxylic acids is 2. The number of likely N-dealkylation sites (N-methyl/N-ethyl adjacent to an activating group) is 1. The van der Waals surface area contributed by atoms with Crippen LogP contribution in [-0.2, 0) is 16.1 Å². The lowest BCUT2D eigenvalue weighted by atomic mass is 9.97. The average Bonchev–Trinajstić information content (AvgIpc) is 2.88. The molecule has 0 N–H and O–H groups in total. The van der Waals surface area contributed by atoms with Gasteiger partial charge in [0.2, 0.25) is 0 Å². The third-order valence-electron chi connectivity index (χ3n) is 4.89. The maximum absolute atomic E-state index is 13.1. The van der Waals surface area contributed by atoms with E-state index in [1.54, 1.807) is 0 Å². The van der Waals surface area contributed by atoms with Crippen molar-refractivity contribution in [2.24, 2.45) is 0 Å². The van der Waals surface area contributed by atoms with Crippen LogP contribution in [0.4, 0.5) is 0 Å². The molecule has 2 aromatic carbocycles. The number of aryl methyl sites for hydroxylation is 2. The van der Waals surface area contributed by atoms with Crippen LogP contribution in [0.1, 0.15) is 35.6 Å². The molecule has 3 rings (SSSR count). The van der Waals surface area contributed by atoms with Crippen molar-refractivity contribution in [1.82, 2.24) is 9.80 Å². The van der Waals surface area contributed by atoms with E-state index in [9.17, 15) is 9.59 Å². The van der Waals surface area contributed by atoms with E-state index in [1.165, 1.54) is 4.90 Å². The minimum absolute atomic E-state index is 0.191. The van der Waals surface area contributed by atoms with Crippen LogP contribution in [0.2, 0.25) is 0 Å². The Morgan fingerprint density at radius 1 is 0.963 bits per heavy atom. The van der Waals surface area contributed by atoms with Crippen molar-refractivity contribution in [3.63, 3.8) is 0 Å². The summed E-state index contributed by atoms with van der Waals surface area (Å²) in [4.78, 5) is 29.5. The van der Waals surface area contributed by atoms with Crippen molar-refractivity contribution < 1.29 is 9.59 Å². The first-order chi connectivity index (χ1) is 12.9. The minimum Gasteiger partial charge on any atom is -0.365 e. The SMILES string of the molecule is CCCN1C(=O)C(c2ccc(C)cc2C)=C(N(C)Cc2ccccc2)C1=O. The standard InChI is InChI=1S/C23H26N2O2/c1-5-13-25-22(26)20(19-12-11-16(2)14-17(19)3)21(23(25)27)24(4)15-18-9-7-6-8-10-18/h6-12,14H,5,13,15H2,1-4H3. The molecule has 0 fully saturated rings. The first-order valence-corrected chi connectivity index (χ1v) is 9.37. The maximum Gasteiger partial charge on any atom is 0.277 e. The maximum atomic E-state index is 13.1. The molecule has 0 saturated carbocycles. The summed E-state index contributed by atoms with van der Waals surface area (Å²) >= 11 is 0. The zero-order chi connectivity index (χ0) is 19.6. The van der Waals surface area contributed by atoms with Gasteiger partial charge in [-0.05, 0) is 37.0 Å². The lowest BCUT2D eigenvalue weighted by Gasteiger charge is -2.21. The number of benzene rings is 2. The normalized spacial score (nSPS) is 14.3. The monoisotopic (exact) mass is 362 g/mol. The van der Waals surface area contributed by atoms with Crippen molar-refractivity contribution >= 4 is 17.4 Å². The first kappa shape index (κ1) is 18.9. The van der Waals surface area contributed by atoms with Crippen LogP contribution in [0, 0.1) is 13.8 Å². The van der Waals surface area contributed by atoms with E-state index in [1.807, 2.05) is 75.2 Å². The van der Waals surface area contributed by atoms with E-state index >= 15 is 0 Å². The van der Waals surface area contributed by atoms with Gasteiger partial charge < -0.3 is 4.90 Å². The fourth-order valence-corrected chi connectivity index (χ4v) is 3.62. The highest BCUT2D eigenvalue weighted by atomic mass is 16.2. The summed E-state index contributed by atoms with van der Waals surface area (Å²) in [6.45, 7) is 7.00. The molecule has 2 aromatic rings. The Morgan fingerprint density at radius 3 is 2.30 bits per heavy atom. The number of rotatable bonds is 6. The summed E-state index contributed by atoms with van der Waals surface area (Å²) in [5.41, 5.74) is 5.09. The summed E-state index contributed by atoms with van der Waals surface area (Å²) in [6.07, 6.45) is 0.743. The summed E-state index contributed by atoms with van der Waals surface area (Å²) < 4.78 is 0. The second-order valence-electron chi connectivity index (χ2n) is 7.15. The van der Waals surface area contributed by atoms with Crippen LogP contribution in [0.25, 0.3) is 5.57 Å². The number of amides is 2. The Kier molecular flexibility index (Phi) is 5.45. The highest BCUT2D eigenvalue weighted by Gasteiger charge is 2.40. The summed E-state index contributed by atoms with van der Waals surface area (Å²) in [7, 11) is 1.88. The molecule has 140 valence electrons. The Bertz CT molecular complexity index is 900. The van der Waals surface area contributed by atoms with Crippen LogP contribution in [-0.4, -0.2) is 35.2 Å². The van der Waals surface area contributed by atoms with Crippen molar-refractivity contribution in [3.05, 3.63) is 76.5 Å². The average molecular weight is 362 g/mol. The van der Waals surface area contributed by atoms with Gasteiger partial charge >= 0.3 is 0 Å². The second-order valence-corrected chi connectivity index (χ2v) is 7.15. The molecule has 0 spiro atoms. The van der Waals surface area contributed by atoms with Crippen molar-refractivity contribution in [2.75, 3.05) is 13.6 Å². The molecule has 1 aliphatic rings. The smallest absolute Gasteiger partial charge is 0.277 e. The number of hydrogen-bond donors (Lipinski definition) is 0. The predicted octanol–water partition coefficient (Wildman–Crippen LogP) is 3.93. The Hall–Kier alpha value is -2.88. The molecule has 0 saturated heterocycles. The van der Waals surface area contributed by atoms with E-state index < -0.39 is 0 Å². The molecule has 0 aliphatic carbocycles. The second kappa shape index (κ2) is 7.78. The molecule has 1 aliphatic heterocycles. The first-order valence-electron chi connectivity index (χ1n) is 9.37. The molecule has 0 aromatic heterocycles.